The van der Waals surface area contributed by atoms with Gasteiger partial charge in [0.2, 0.25) is 5.79 Å². The quantitative estimate of drug-likeness (QED) is 0.380. The van der Waals surface area contributed by atoms with Crippen LogP contribution in [0, 0.1) is 0 Å². The lowest BCUT2D eigenvalue weighted by atomic mass is 10.1. The summed E-state index contributed by atoms with van der Waals surface area (Å²) in [6.45, 7) is 2.32. The van der Waals surface area contributed by atoms with Crippen molar-refractivity contribution in [2.24, 2.45) is 0 Å². The Morgan fingerprint density at radius 3 is 1.40 bits per heavy atom. The Morgan fingerprint density at radius 2 is 1.20 bits per heavy atom. The Hall–Kier alpha value is -1.66. The molecule has 0 atom stereocenters. The molecule has 0 heterocycles. The van der Waals surface area contributed by atoms with Gasteiger partial charge in [0.05, 0.1) is 0 Å². The Kier molecular flexibility index (Phi) is 4.20. The van der Waals surface area contributed by atoms with Crippen molar-refractivity contribution in [2.45, 2.75) is 19.6 Å². The van der Waals surface area contributed by atoms with Gasteiger partial charge in [0.25, 0.3) is 0 Å². The zero-order valence-corrected chi connectivity index (χ0v) is 8.26. The number of aliphatic hydroxyl groups is 2. The first-order valence-electron chi connectivity index (χ1n) is 3.96. The van der Waals surface area contributed by atoms with Gasteiger partial charge in [-0.15, -0.1) is 0 Å². The summed E-state index contributed by atoms with van der Waals surface area (Å²) in [5, 5.41) is 35.4. The standard InChI is InChI=1S/C9H12O6/c1-5(7(10)11)3-9(14,15)4-6(2)8(12)13/h3-4,14-15H,1-2H3,(H,10,11)(H,12,13). The molecule has 0 saturated carbocycles. The Labute approximate surface area is 85.8 Å². The number of carboxylic acids is 2. The van der Waals surface area contributed by atoms with E-state index in [4.69, 9.17) is 10.2 Å². The molecule has 0 rings (SSSR count). The Bertz CT molecular complexity index is 305. The molecule has 6 heteroatoms. The molecule has 15 heavy (non-hydrogen) atoms. The molecule has 0 aliphatic rings. The fourth-order valence-corrected chi connectivity index (χ4v) is 0.802. The Morgan fingerprint density at radius 1 is 0.933 bits per heavy atom. The first-order valence-corrected chi connectivity index (χ1v) is 3.96. The van der Waals surface area contributed by atoms with Gasteiger partial charge in [-0.25, -0.2) is 9.59 Å². The second kappa shape index (κ2) is 4.72. The number of carbonyl (C=O) groups is 2. The smallest absolute Gasteiger partial charge is 0.331 e. The molecule has 84 valence electrons. The predicted octanol–water partition coefficient (Wildman–Crippen LogP) is -0.271. The van der Waals surface area contributed by atoms with E-state index < -0.39 is 17.7 Å². The summed E-state index contributed by atoms with van der Waals surface area (Å²) in [4.78, 5) is 20.7. The van der Waals surface area contributed by atoms with E-state index in [-0.39, 0.29) is 11.1 Å². The molecule has 6 nitrogen and oxygen atoms in total. The lowest BCUT2D eigenvalue weighted by molar-refractivity contribution is -0.133. The number of hydrogen-bond donors (Lipinski definition) is 4. The average molecular weight is 216 g/mol. The van der Waals surface area contributed by atoms with E-state index in [1.165, 1.54) is 0 Å². The lowest BCUT2D eigenvalue weighted by Gasteiger charge is -2.13. The molecule has 0 bridgehead atoms. The van der Waals surface area contributed by atoms with Gasteiger partial charge in [-0.1, -0.05) is 0 Å². The van der Waals surface area contributed by atoms with E-state index in [1.807, 2.05) is 0 Å². The summed E-state index contributed by atoms with van der Waals surface area (Å²) in [7, 11) is 0. The van der Waals surface area contributed by atoms with E-state index in [9.17, 15) is 19.8 Å². The van der Waals surface area contributed by atoms with E-state index in [2.05, 4.69) is 0 Å². The van der Waals surface area contributed by atoms with Crippen LogP contribution in [0.15, 0.2) is 23.3 Å². The van der Waals surface area contributed by atoms with Gasteiger partial charge in [-0.2, -0.15) is 0 Å². The molecule has 0 aromatic carbocycles. The van der Waals surface area contributed by atoms with Crippen LogP contribution in [0.5, 0.6) is 0 Å². The largest absolute Gasteiger partial charge is 0.478 e. The molecule has 0 fully saturated rings. The maximum absolute atomic E-state index is 10.4. The van der Waals surface area contributed by atoms with Crippen LogP contribution >= 0.6 is 0 Å². The van der Waals surface area contributed by atoms with Gasteiger partial charge in [0, 0.05) is 11.1 Å². The van der Waals surface area contributed by atoms with Gasteiger partial charge in [-0.05, 0) is 26.0 Å². The molecule has 0 aliphatic carbocycles. The Balaban J connectivity index is 5.01. The predicted molar refractivity (Wildman–Crippen MR) is 50.0 cm³/mol. The third-order valence-electron chi connectivity index (χ3n) is 1.53. The molecule has 0 aliphatic heterocycles. The minimum Gasteiger partial charge on any atom is -0.478 e. The first-order chi connectivity index (χ1) is 6.65. The maximum Gasteiger partial charge on any atom is 0.331 e. The molecular formula is C9H12O6. The second-order valence-electron chi connectivity index (χ2n) is 3.05. The van der Waals surface area contributed by atoms with E-state index in [0.717, 1.165) is 13.8 Å². The normalized spacial score (nSPS) is 13.9. The number of aliphatic carboxylic acids is 2. The highest BCUT2D eigenvalue weighted by atomic mass is 16.5. The van der Waals surface area contributed by atoms with Crippen LogP contribution in [-0.2, 0) is 9.59 Å². The van der Waals surface area contributed by atoms with Crippen molar-refractivity contribution in [3.05, 3.63) is 23.3 Å². The van der Waals surface area contributed by atoms with Crippen molar-refractivity contribution in [2.75, 3.05) is 0 Å². The molecule has 0 saturated heterocycles. The summed E-state index contributed by atoms with van der Waals surface area (Å²) in [6, 6.07) is 0. The first kappa shape index (κ1) is 13.3. The highest BCUT2D eigenvalue weighted by Crippen LogP contribution is 2.11. The van der Waals surface area contributed by atoms with E-state index in [1.54, 1.807) is 0 Å². The molecule has 0 spiro atoms. The van der Waals surface area contributed by atoms with Crippen molar-refractivity contribution in [1.29, 1.82) is 0 Å². The third kappa shape index (κ3) is 4.94. The minimum atomic E-state index is -2.58. The van der Waals surface area contributed by atoms with Crippen LogP contribution in [-0.4, -0.2) is 38.2 Å². The topological polar surface area (TPSA) is 115 Å². The SMILES string of the molecule is CC(=CC(O)(O)C=C(C)C(=O)O)C(=O)O. The summed E-state index contributed by atoms with van der Waals surface area (Å²) in [5.74, 6) is -5.21. The fraction of sp³-hybridized carbons (Fsp3) is 0.333. The molecular weight excluding hydrogens is 204 g/mol. The van der Waals surface area contributed by atoms with Gasteiger partial charge >= 0.3 is 11.9 Å². The van der Waals surface area contributed by atoms with Crippen molar-refractivity contribution < 1.29 is 30.0 Å². The van der Waals surface area contributed by atoms with Gasteiger partial charge < -0.3 is 20.4 Å². The van der Waals surface area contributed by atoms with Crippen LogP contribution in [0.2, 0.25) is 0 Å². The highest BCUT2D eigenvalue weighted by molar-refractivity contribution is 5.87. The second-order valence-corrected chi connectivity index (χ2v) is 3.05. The summed E-state index contributed by atoms with van der Waals surface area (Å²) >= 11 is 0. The highest BCUT2D eigenvalue weighted by Gasteiger charge is 2.20. The molecule has 0 aromatic rings. The number of carboxylic acid groups (broad SMARTS) is 2. The summed E-state index contributed by atoms with van der Waals surface area (Å²) < 4.78 is 0. The van der Waals surface area contributed by atoms with Crippen LogP contribution in [0.25, 0.3) is 0 Å². The number of rotatable bonds is 4. The molecule has 0 radical (unpaired) electrons. The molecule has 0 aromatic heterocycles. The van der Waals surface area contributed by atoms with Crippen LogP contribution < -0.4 is 0 Å². The summed E-state index contributed by atoms with van der Waals surface area (Å²) in [6.07, 6.45) is 1.28. The molecule has 0 unspecified atom stereocenters. The van der Waals surface area contributed by atoms with Gasteiger partial charge in [0.15, 0.2) is 0 Å². The molecule has 0 amide bonds. The van der Waals surface area contributed by atoms with Crippen LogP contribution in [0.4, 0.5) is 0 Å². The monoisotopic (exact) mass is 216 g/mol. The fourth-order valence-electron chi connectivity index (χ4n) is 0.802. The minimum absolute atomic E-state index is 0.297. The van der Waals surface area contributed by atoms with Gasteiger partial charge in [-0.3, -0.25) is 0 Å². The van der Waals surface area contributed by atoms with Crippen molar-refractivity contribution >= 4 is 11.9 Å². The van der Waals surface area contributed by atoms with E-state index in [0.29, 0.717) is 12.2 Å². The zero-order valence-electron chi connectivity index (χ0n) is 8.26. The molecule has 4 N–H and O–H groups in total. The average Bonchev–Trinajstić information content (AvgIpc) is 2.01. The summed E-state index contributed by atoms with van der Waals surface area (Å²) in [5.41, 5.74) is -0.594. The van der Waals surface area contributed by atoms with Crippen LogP contribution in [0.3, 0.4) is 0 Å². The van der Waals surface area contributed by atoms with Crippen molar-refractivity contribution in [3.63, 3.8) is 0 Å². The van der Waals surface area contributed by atoms with Gasteiger partial charge in [0.1, 0.15) is 0 Å². The van der Waals surface area contributed by atoms with Crippen LogP contribution in [0.1, 0.15) is 13.8 Å². The lowest BCUT2D eigenvalue weighted by Crippen LogP contribution is -2.24. The third-order valence-corrected chi connectivity index (χ3v) is 1.53. The number of hydrogen-bond acceptors (Lipinski definition) is 4. The maximum atomic E-state index is 10.4. The van der Waals surface area contributed by atoms with E-state index >= 15 is 0 Å². The van der Waals surface area contributed by atoms with Crippen molar-refractivity contribution in [3.8, 4) is 0 Å². The zero-order chi connectivity index (χ0) is 12.2. The van der Waals surface area contributed by atoms with Crippen molar-refractivity contribution in [1.82, 2.24) is 0 Å².